The lowest BCUT2D eigenvalue weighted by Crippen LogP contribution is -2.05. The molecule has 13 heteroatoms. The van der Waals surface area contributed by atoms with Gasteiger partial charge in [-0.15, -0.1) is 0 Å². The first kappa shape index (κ1) is 26.1. The fraction of sp³-hybridized carbons (Fsp3) is 0.0357. The number of benzene rings is 2. The molecule has 0 aliphatic heterocycles. The first-order valence-corrected chi connectivity index (χ1v) is 12.0. The van der Waals surface area contributed by atoms with Crippen LogP contribution in [0.2, 0.25) is 0 Å². The Hall–Kier alpha value is -6.47. The van der Waals surface area contributed by atoms with E-state index in [0.717, 1.165) is 11.3 Å². The number of amides is 1. The molecule has 6 rings (SSSR count). The summed E-state index contributed by atoms with van der Waals surface area (Å²) in [7, 11) is 0. The van der Waals surface area contributed by atoms with E-state index in [1.165, 1.54) is 36.0 Å². The second-order valence-corrected chi connectivity index (χ2v) is 8.54. The van der Waals surface area contributed by atoms with E-state index in [-0.39, 0.29) is 11.6 Å². The Labute approximate surface area is 231 Å². The lowest BCUT2D eigenvalue weighted by Gasteiger charge is -2.07. The highest BCUT2D eigenvalue weighted by atomic mass is 16.6. The molecule has 6 aromatic rings. The number of anilines is 1. The Morgan fingerprint density at radius 2 is 1.39 bits per heavy atom. The van der Waals surface area contributed by atoms with Crippen molar-refractivity contribution in [2.24, 2.45) is 0 Å². The summed E-state index contributed by atoms with van der Waals surface area (Å²) in [4.78, 5) is 29.8. The van der Waals surface area contributed by atoms with Crippen molar-refractivity contribution in [2.75, 3.05) is 5.32 Å². The summed E-state index contributed by atoms with van der Waals surface area (Å²) in [6.07, 6.45) is 6.09. The Bertz CT molecular complexity index is 2030. The SMILES string of the molecule is CC(=O)Nc1cccc(-c2ccnc3c(C#N)cnn23)c1.N#Cc1cnn2c(-c3cccc([N+](=O)[O-])c3)ccnc12. The van der Waals surface area contributed by atoms with Gasteiger partial charge in [-0.1, -0.05) is 24.3 Å². The van der Waals surface area contributed by atoms with Gasteiger partial charge in [-0.2, -0.15) is 20.7 Å². The third kappa shape index (κ3) is 5.27. The third-order valence-corrected chi connectivity index (χ3v) is 5.87. The number of nitrogens with one attached hydrogen (secondary N) is 1. The van der Waals surface area contributed by atoms with Crippen molar-refractivity contribution < 1.29 is 9.72 Å². The van der Waals surface area contributed by atoms with Gasteiger partial charge in [-0.05, 0) is 24.3 Å². The monoisotopic (exact) mass is 542 g/mol. The lowest BCUT2D eigenvalue weighted by atomic mass is 10.1. The summed E-state index contributed by atoms with van der Waals surface area (Å²) in [5.74, 6) is -0.127. The molecule has 4 heterocycles. The van der Waals surface area contributed by atoms with E-state index in [4.69, 9.17) is 10.5 Å². The molecule has 41 heavy (non-hydrogen) atoms. The highest BCUT2D eigenvalue weighted by Crippen LogP contribution is 2.25. The second-order valence-electron chi connectivity index (χ2n) is 8.54. The fourth-order valence-corrected chi connectivity index (χ4v) is 4.12. The van der Waals surface area contributed by atoms with Crippen molar-refractivity contribution in [3.8, 4) is 34.7 Å². The maximum atomic E-state index is 11.1. The maximum Gasteiger partial charge on any atom is 0.270 e. The molecule has 0 bridgehead atoms. The summed E-state index contributed by atoms with van der Waals surface area (Å²) in [6.45, 7) is 1.46. The number of carbonyl (C=O) groups is 1. The van der Waals surface area contributed by atoms with Crippen LogP contribution in [0.1, 0.15) is 18.1 Å². The predicted octanol–water partition coefficient (Wildman–Crippen LogP) is 4.40. The van der Waals surface area contributed by atoms with Crippen LogP contribution in [0.4, 0.5) is 11.4 Å². The average Bonchev–Trinajstić information content (AvgIpc) is 3.61. The molecular formula is C28H18N10O3. The quantitative estimate of drug-likeness (QED) is 0.249. The predicted molar refractivity (Wildman–Crippen MR) is 147 cm³/mol. The third-order valence-electron chi connectivity index (χ3n) is 5.87. The zero-order valence-corrected chi connectivity index (χ0v) is 21.3. The molecule has 2 aromatic carbocycles. The van der Waals surface area contributed by atoms with Crippen molar-refractivity contribution in [1.82, 2.24) is 29.2 Å². The van der Waals surface area contributed by atoms with Crippen molar-refractivity contribution >= 4 is 28.6 Å². The number of hydrogen-bond acceptors (Lipinski definition) is 9. The smallest absolute Gasteiger partial charge is 0.270 e. The Kier molecular flexibility index (Phi) is 7.08. The number of nitrogens with zero attached hydrogens (tertiary/aromatic N) is 9. The van der Waals surface area contributed by atoms with Crippen molar-refractivity contribution in [3.05, 3.63) is 107 Å². The van der Waals surface area contributed by atoms with Crippen LogP contribution in [-0.2, 0) is 4.79 Å². The van der Waals surface area contributed by atoms with Crippen molar-refractivity contribution in [2.45, 2.75) is 6.92 Å². The van der Waals surface area contributed by atoms with Crippen LogP contribution < -0.4 is 5.32 Å². The summed E-state index contributed by atoms with van der Waals surface area (Å²) in [5.41, 5.74) is 5.38. The number of rotatable bonds is 4. The molecule has 1 N–H and O–H groups in total. The summed E-state index contributed by atoms with van der Waals surface area (Å²) in [6, 6.07) is 21.2. The van der Waals surface area contributed by atoms with Crippen LogP contribution in [0.25, 0.3) is 33.8 Å². The van der Waals surface area contributed by atoms with Gasteiger partial charge in [0.15, 0.2) is 11.3 Å². The number of fused-ring (bicyclic) bond motifs is 2. The largest absolute Gasteiger partial charge is 0.326 e. The highest BCUT2D eigenvalue weighted by Gasteiger charge is 2.13. The Morgan fingerprint density at radius 1 is 0.854 bits per heavy atom. The van der Waals surface area contributed by atoms with Gasteiger partial charge >= 0.3 is 0 Å². The summed E-state index contributed by atoms with van der Waals surface area (Å²) >= 11 is 0. The molecule has 0 atom stereocenters. The van der Waals surface area contributed by atoms with E-state index in [2.05, 4.69) is 31.6 Å². The van der Waals surface area contributed by atoms with Gasteiger partial charge in [-0.25, -0.2) is 19.0 Å². The number of nitro groups is 1. The normalized spacial score (nSPS) is 10.3. The van der Waals surface area contributed by atoms with Crippen LogP contribution in [0.15, 0.2) is 85.5 Å². The van der Waals surface area contributed by atoms with E-state index in [0.29, 0.717) is 39.4 Å². The molecule has 0 aliphatic rings. The first-order chi connectivity index (χ1) is 19.9. The van der Waals surface area contributed by atoms with E-state index >= 15 is 0 Å². The number of hydrogen-bond donors (Lipinski definition) is 1. The Balaban J connectivity index is 0.000000165. The van der Waals surface area contributed by atoms with Gasteiger partial charge in [-0.3, -0.25) is 14.9 Å². The minimum absolute atomic E-state index is 0.000116. The van der Waals surface area contributed by atoms with E-state index in [1.54, 1.807) is 35.1 Å². The molecule has 0 spiro atoms. The zero-order valence-electron chi connectivity index (χ0n) is 21.3. The minimum atomic E-state index is -0.453. The van der Waals surface area contributed by atoms with Crippen LogP contribution in [0, 0.1) is 32.8 Å². The highest BCUT2D eigenvalue weighted by molar-refractivity contribution is 5.89. The van der Waals surface area contributed by atoms with Gasteiger partial charge in [0.2, 0.25) is 5.91 Å². The number of non-ortho nitro benzene ring substituents is 1. The number of nitriles is 2. The molecular weight excluding hydrogens is 524 g/mol. The van der Waals surface area contributed by atoms with Gasteiger partial charge in [0.1, 0.15) is 23.3 Å². The van der Waals surface area contributed by atoms with E-state index < -0.39 is 4.92 Å². The number of carbonyl (C=O) groups excluding carboxylic acids is 1. The van der Waals surface area contributed by atoms with Crippen LogP contribution >= 0.6 is 0 Å². The Morgan fingerprint density at radius 3 is 1.90 bits per heavy atom. The van der Waals surface area contributed by atoms with Gasteiger partial charge in [0, 0.05) is 48.3 Å². The standard InChI is InChI=1S/C15H11N5O.C13H7N5O2/c1-10(21)19-13-4-2-3-11(7-13)14-5-6-17-15-12(8-16)9-18-20(14)15;14-7-10-8-16-17-12(4-5-15-13(10)17)9-2-1-3-11(6-9)18(19)20/h2-7,9H,1H3,(H,19,21);1-6,8H. The van der Waals surface area contributed by atoms with Crippen LogP contribution in [0.5, 0.6) is 0 Å². The van der Waals surface area contributed by atoms with E-state index in [1.807, 2.05) is 36.4 Å². The summed E-state index contributed by atoms with van der Waals surface area (Å²) < 4.78 is 3.11. The zero-order chi connectivity index (χ0) is 28.9. The molecule has 1 amide bonds. The topological polar surface area (TPSA) is 180 Å². The van der Waals surface area contributed by atoms with Crippen LogP contribution in [-0.4, -0.2) is 40.0 Å². The molecule has 0 saturated carbocycles. The number of aromatic nitrogens is 6. The molecule has 0 unspecified atom stereocenters. The van der Waals surface area contributed by atoms with Crippen molar-refractivity contribution in [1.29, 1.82) is 10.5 Å². The minimum Gasteiger partial charge on any atom is -0.326 e. The summed E-state index contributed by atoms with van der Waals surface area (Å²) in [5, 5.41) is 39.9. The lowest BCUT2D eigenvalue weighted by molar-refractivity contribution is -0.384. The second kappa shape index (κ2) is 11.1. The van der Waals surface area contributed by atoms with Crippen molar-refractivity contribution in [3.63, 3.8) is 0 Å². The molecule has 0 radical (unpaired) electrons. The van der Waals surface area contributed by atoms with Gasteiger partial charge in [0.05, 0.1) is 28.7 Å². The first-order valence-electron chi connectivity index (χ1n) is 12.0. The molecule has 0 fully saturated rings. The maximum absolute atomic E-state index is 11.1. The molecule has 13 nitrogen and oxygen atoms in total. The molecule has 0 aliphatic carbocycles. The van der Waals surface area contributed by atoms with Crippen LogP contribution in [0.3, 0.4) is 0 Å². The van der Waals surface area contributed by atoms with Gasteiger partial charge in [0.25, 0.3) is 5.69 Å². The molecule has 4 aromatic heterocycles. The average molecular weight is 543 g/mol. The molecule has 198 valence electrons. The fourth-order valence-electron chi connectivity index (χ4n) is 4.12. The van der Waals surface area contributed by atoms with Gasteiger partial charge < -0.3 is 5.32 Å². The van der Waals surface area contributed by atoms with E-state index in [9.17, 15) is 14.9 Å². The number of nitro benzene ring substituents is 1. The molecule has 0 saturated heterocycles.